The van der Waals surface area contributed by atoms with E-state index in [0.717, 1.165) is 5.56 Å². The Morgan fingerprint density at radius 3 is 2.41 bits per heavy atom. The maximum atomic E-state index is 14.3. The minimum Gasteiger partial charge on any atom is -0.437 e. The third-order valence-corrected chi connectivity index (χ3v) is 4.84. The lowest BCUT2D eigenvalue weighted by Gasteiger charge is -2.27. The van der Waals surface area contributed by atoms with Crippen LogP contribution in [0.1, 0.15) is 25.0 Å². The van der Waals surface area contributed by atoms with E-state index in [9.17, 15) is 14.2 Å². The molecule has 2 unspecified atom stereocenters. The van der Waals surface area contributed by atoms with Crippen LogP contribution >= 0.6 is 11.6 Å². The highest BCUT2D eigenvalue weighted by Crippen LogP contribution is 2.23. The molecule has 0 saturated heterocycles. The summed E-state index contributed by atoms with van der Waals surface area (Å²) >= 11 is 5.85. The van der Waals surface area contributed by atoms with Gasteiger partial charge < -0.3 is 10.3 Å². The fourth-order valence-electron chi connectivity index (χ4n) is 3.24. The molecule has 27 heavy (non-hydrogen) atoms. The van der Waals surface area contributed by atoms with Crippen molar-refractivity contribution in [1.82, 2.24) is 5.23 Å². The molecule has 2 rings (SSSR count). The molecule has 0 amide bonds. The zero-order chi connectivity index (χ0) is 20.0. The number of rotatable bonds is 9. The highest BCUT2D eigenvalue weighted by atomic mass is 35.5. The second-order valence-corrected chi connectivity index (χ2v) is 7.73. The summed E-state index contributed by atoms with van der Waals surface area (Å²) in [5, 5.41) is 13.0. The van der Waals surface area contributed by atoms with E-state index in [1.807, 2.05) is 44.2 Å². The largest absolute Gasteiger partial charge is 0.437 e. The molecule has 0 aromatic heterocycles. The summed E-state index contributed by atoms with van der Waals surface area (Å²) in [5.41, 5.74) is 1.48. The molecule has 0 aliphatic rings. The van der Waals surface area contributed by atoms with Crippen LogP contribution < -0.4 is 5.23 Å². The number of hydrogen-bond acceptors (Lipinski definition) is 3. The average Bonchev–Trinajstić information content (AvgIpc) is 2.61. The maximum absolute atomic E-state index is 14.3. The zero-order valence-electron chi connectivity index (χ0n) is 16.0. The molecule has 2 atom stereocenters. The van der Waals surface area contributed by atoms with E-state index in [-0.39, 0.29) is 18.1 Å². The van der Waals surface area contributed by atoms with Crippen LogP contribution in [0.5, 0.6) is 0 Å². The average molecular weight is 390 g/mol. The highest BCUT2D eigenvalue weighted by Gasteiger charge is 2.31. The van der Waals surface area contributed by atoms with Crippen molar-refractivity contribution in [2.45, 2.75) is 39.6 Å². The first-order valence-corrected chi connectivity index (χ1v) is 9.61. The van der Waals surface area contributed by atoms with Crippen molar-refractivity contribution in [3.05, 3.63) is 70.5 Å². The van der Waals surface area contributed by atoms with Gasteiger partial charge in [0.15, 0.2) is 5.78 Å². The molecule has 0 fully saturated rings. The summed E-state index contributed by atoms with van der Waals surface area (Å²) in [6.45, 7) is 5.45. The Morgan fingerprint density at radius 1 is 1.19 bits per heavy atom. The van der Waals surface area contributed by atoms with Crippen LogP contribution in [0.4, 0.5) is 4.39 Å². The molecule has 0 bridgehead atoms. The number of halogens is 2. The van der Waals surface area contributed by atoms with Gasteiger partial charge in [-0.2, -0.15) is 0 Å². The van der Waals surface area contributed by atoms with Crippen molar-refractivity contribution in [3.8, 4) is 0 Å². The van der Waals surface area contributed by atoms with Gasteiger partial charge in [0.1, 0.15) is 5.82 Å². The zero-order valence-corrected chi connectivity index (χ0v) is 16.7. The van der Waals surface area contributed by atoms with Crippen molar-refractivity contribution in [2.75, 3.05) is 0 Å². The van der Waals surface area contributed by atoms with E-state index in [1.165, 1.54) is 6.07 Å². The lowest BCUT2D eigenvalue weighted by atomic mass is 9.79. The molecule has 2 N–H and O–H groups in total. The molecule has 3 nitrogen and oxygen atoms in total. The number of Topliss-reactive ketones (excluding diaryl/α,β-unsaturated/α-hetero) is 1. The van der Waals surface area contributed by atoms with Crippen LogP contribution in [0.25, 0.3) is 0 Å². The van der Waals surface area contributed by atoms with Crippen LogP contribution in [-0.4, -0.2) is 23.9 Å². The molecule has 0 heterocycles. The van der Waals surface area contributed by atoms with Gasteiger partial charge in [-0.25, -0.2) is 4.39 Å². The van der Waals surface area contributed by atoms with Gasteiger partial charge in [-0.1, -0.05) is 61.8 Å². The second-order valence-electron chi connectivity index (χ2n) is 7.29. The standard InChI is InChI=1S/C21H26BClFNO2/c1-14(2)20(25-22(3)27)21(26)17(11-15-7-5-4-6-8-15)12-16-9-10-18(23)13-19(16)24/h4-10,13-14,17,20,25,27H,11-12H2,1-3H3. The quantitative estimate of drug-likeness (QED) is 0.633. The predicted molar refractivity (Wildman–Crippen MR) is 109 cm³/mol. The monoisotopic (exact) mass is 389 g/mol. The molecule has 2 aromatic carbocycles. The van der Waals surface area contributed by atoms with E-state index in [2.05, 4.69) is 5.23 Å². The summed E-state index contributed by atoms with van der Waals surface area (Å²) in [4.78, 5) is 13.3. The van der Waals surface area contributed by atoms with Gasteiger partial charge in [-0.3, -0.25) is 4.79 Å². The fourth-order valence-corrected chi connectivity index (χ4v) is 3.40. The van der Waals surface area contributed by atoms with Gasteiger partial charge in [-0.05, 0) is 48.8 Å². The van der Waals surface area contributed by atoms with E-state index in [4.69, 9.17) is 11.6 Å². The SMILES string of the molecule is CB(O)NC(C(=O)C(Cc1ccccc1)Cc1ccc(Cl)cc1F)C(C)C. The predicted octanol–water partition coefficient (Wildman–Crippen LogP) is 4.17. The Balaban J connectivity index is 2.31. The van der Waals surface area contributed by atoms with E-state index in [1.54, 1.807) is 19.0 Å². The third kappa shape index (κ3) is 6.45. The first kappa shape index (κ1) is 21.6. The molecule has 144 valence electrons. The molecule has 0 aliphatic carbocycles. The molecular weight excluding hydrogens is 363 g/mol. The molecule has 0 saturated carbocycles. The van der Waals surface area contributed by atoms with E-state index in [0.29, 0.717) is 17.0 Å². The Morgan fingerprint density at radius 2 is 1.85 bits per heavy atom. The van der Waals surface area contributed by atoms with E-state index >= 15 is 0 Å². The van der Waals surface area contributed by atoms with Crippen molar-refractivity contribution in [1.29, 1.82) is 0 Å². The first-order valence-electron chi connectivity index (χ1n) is 9.23. The summed E-state index contributed by atoms with van der Waals surface area (Å²) in [6, 6.07) is 13.7. The lowest BCUT2D eigenvalue weighted by Crippen LogP contribution is -2.50. The van der Waals surface area contributed by atoms with Gasteiger partial charge in [0.25, 0.3) is 0 Å². The normalized spacial score (nSPS) is 13.4. The van der Waals surface area contributed by atoms with Gasteiger partial charge in [0.2, 0.25) is 0 Å². The Hall–Kier alpha value is -1.69. The van der Waals surface area contributed by atoms with Crippen molar-refractivity contribution < 1.29 is 14.2 Å². The van der Waals surface area contributed by atoms with Gasteiger partial charge >= 0.3 is 7.05 Å². The topological polar surface area (TPSA) is 49.3 Å². The summed E-state index contributed by atoms with van der Waals surface area (Å²) < 4.78 is 14.3. The molecule has 2 aromatic rings. The second kappa shape index (κ2) is 10.0. The third-order valence-electron chi connectivity index (χ3n) is 4.60. The van der Waals surface area contributed by atoms with Crippen LogP contribution in [-0.2, 0) is 17.6 Å². The molecular formula is C21H26BClFNO2. The van der Waals surface area contributed by atoms with Crippen molar-refractivity contribution in [2.24, 2.45) is 11.8 Å². The number of ketones is 1. The Bertz CT molecular complexity index is 755. The van der Waals surface area contributed by atoms with Gasteiger partial charge in [0, 0.05) is 10.9 Å². The fraction of sp³-hybridized carbons (Fsp3) is 0.381. The number of carbonyl (C=O) groups is 1. The highest BCUT2D eigenvalue weighted by molar-refractivity contribution is 6.46. The number of nitrogens with one attached hydrogen (secondary N) is 1. The van der Waals surface area contributed by atoms with Crippen LogP contribution in [0, 0.1) is 17.7 Å². The summed E-state index contributed by atoms with van der Waals surface area (Å²) in [6.07, 6.45) is 0.786. The molecule has 0 aliphatic heterocycles. The van der Waals surface area contributed by atoms with Crippen LogP contribution in [0.15, 0.2) is 48.5 Å². The Kier molecular flexibility index (Phi) is 8.02. The molecule has 0 spiro atoms. The Labute approximate surface area is 166 Å². The van der Waals surface area contributed by atoms with E-state index < -0.39 is 24.8 Å². The van der Waals surface area contributed by atoms with Crippen molar-refractivity contribution >= 4 is 24.4 Å². The smallest absolute Gasteiger partial charge is 0.374 e. The van der Waals surface area contributed by atoms with Crippen LogP contribution in [0.3, 0.4) is 0 Å². The van der Waals surface area contributed by atoms with Crippen LogP contribution in [0.2, 0.25) is 11.8 Å². The maximum Gasteiger partial charge on any atom is 0.374 e. The number of benzene rings is 2. The summed E-state index contributed by atoms with van der Waals surface area (Å²) in [5.74, 6) is -0.843. The number of carbonyl (C=O) groups excluding carboxylic acids is 1. The minimum atomic E-state index is -0.800. The minimum absolute atomic E-state index is 0.000406. The van der Waals surface area contributed by atoms with Crippen molar-refractivity contribution in [3.63, 3.8) is 0 Å². The first-order chi connectivity index (χ1) is 12.8. The molecule has 6 heteroatoms. The lowest BCUT2D eigenvalue weighted by molar-refractivity contribution is -0.125. The molecule has 0 radical (unpaired) electrons. The number of hydrogen-bond donors (Lipinski definition) is 2. The van der Waals surface area contributed by atoms with Gasteiger partial charge in [-0.15, -0.1) is 0 Å². The summed E-state index contributed by atoms with van der Waals surface area (Å²) in [7, 11) is -0.800. The van der Waals surface area contributed by atoms with Gasteiger partial charge in [0.05, 0.1) is 6.04 Å².